The number of benzene rings is 1. The van der Waals surface area contributed by atoms with Crippen LogP contribution in [0.4, 0.5) is 0 Å². The highest BCUT2D eigenvalue weighted by molar-refractivity contribution is 5.82. The second-order valence-electron chi connectivity index (χ2n) is 7.32. The Morgan fingerprint density at radius 2 is 1.91 bits per heavy atom. The fourth-order valence-electron chi connectivity index (χ4n) is 4.74. The Morgan fingerprint density at radius 3 is 2.64 bits per heavy atom. The van der Waals surface area contributed by atoms with Gasteiger partial charge in [0.15, 0.2) is 0 Å². The third-order valence-electron chi connectivity index (χ3n) is 6.06. The average Bonchev–Trinajstić information content (AvgIpc) is 3.11. The number of carbonyl (C=O) groups excluding carboxylic acids is 1. The van der Waals surface area contributed by atoms with E-state index in [1.165, 1.54) is 44.3 Å². The van der Waals surface area contributed by atoms with Crippen LogP contribution in [0.25, 0.3) is 0 Å². The van der Waals surface area contributed by atoms with Gasteiger partial charge in [0.2, 0.25) is 5.91 Å². The molecule has 118 valence electrons. The van der Waals surface area contributed by atoms with Gasteiger partial charge in [-0.1, -0.05) is 30.3 Å². The Labute approximate surface area is 133 Å². The van der Waals surface area contributed by atoms with E-state index in [-0.39, 0.29) is 11.8 Å². The maximum absolute atomic E-state index is 12.3. The molecular formula is C19H26N2O. The number of rotatable bonds is 5. The molecule has 1 aromatic carbocycles. The predicted molar refractivity (Wildman–Crippen MR) is 87.7 cm³/mol. The summed E-state index contributed by atoms with van der Waals surface area (Å²) < 4.78 is 0. The molecule has 1 aromatic rings. The van der Waals surface area contributed by atoms with Crippen LogP contribution in [0.1, 0.15) is 50.0 Å². The number of fused-ring (bicyclic) bond motifs is 1. The van der Waals surface area contributed by atoms with Gasteiger partial charge < -0.3 is 5.32 Å². The molecule has 3 aliphatic rings. The number of nitrogens with one attached hydrogen (secondary N) is 1. The molecule has 2 heterocycles. The second-order valence-corrected chi connectivity index (χ2v) is 7.32. The molecule has 1 saturated carbocycles. The molecular weight excluding hydrogens is 272 g/mol. The molecule has 3 nitrogen and oxygen atoms in total. The Morgan fingerprint density at radius 1 is 1.18 bits per heavy atom. The summed E-state index contributed by atoms with van der Waals surface area (Å²) in [5, 5.41) is 3.21. The Bertz CT molecular complexity index is 532. The van der Waals surface area contributed by atoms with Gasteiger partial charge in [0.1, 0.15) is 0 Å². The van der Waals surface area contributed by atoms with E-state index in [1.807, 2.05) is 6.07 Å². The lowest BCUT2D eigenvalue weighted by Gasteiger charge is -2.32. The molecule has 22 heavy (non-hydrogen) atoms. The van der Waals surface area contributed by atoms with Crippen LogP contribution in [-0.4, -0.2) is 36.0 Å². The van der Waals surface area contributed by atoms with Gasteiger partial charge in [-0.2, -0.15) is 0 Å². The van der Waals surface area contributed by atoms with Crippen molar-refractivity contribution in [2.24, 2.45) is 5.92 Å². The predicted octanol–water partition coefficient (Wildman–Crippen LogP) is 2.92. The maximum Gasteiger partial charge on any atom is 0.223 e. The van der Waals surface area contributed by atoms with Crippen molar-refractivity contribution >= 4 is 5.91 Å². The molecule has 2 saturated heterocycles. The standard InChI is InChI=1S/C19H26N2O/c22-18(17-14-16(17)15-6-2-1-3-7-15)20-11-10-19-8-4-12-21(19)13-5-9-19/h1-3,6-7,16-17H,4-5,8-14H2,(H,20,22)/t16-,17+/m0/s1. The van der Waals surface area contributed by atoms with Crippen molar-refractivity contribution in [3.8, 4) is 0 Å². The fourth-order valence-corrected chi connectivity index (χ4v) is 4.74. The van der Waals surface area contributed by atoms with Gasteiger partial charge in [-0.3, -0.25) is 9.69 Å². The Balaban J connectivity index is 1.26. The molecule has 3 fully saturated rings. The Hall–Kier alpha value is -1.35. The van der Waals surface area contributed by atoms with Crippen LogP contribution >= 0.6 is 0 Å². The third kappa shape index (κ3) is 2.56. The van der Waals surface area contributed by atoms with Gasteiger partial charge >= 0.3 is 0 Å². The van der Waals surface area contributed by atoms with E-state index in [2.05, 4.69) is 34.5 Å². The number of amides is 1. The van der Waals surface area contributed by atoms with Crippen LogP contribution in [0.2, 0.25) is 0 Å². The lowest BCUT2D eigenvalue weighted by molar-refractivity contribution is -0.122. The summed E-state index contributed by atoms with van der Waals surface area (Å²) in [6.07, 6.45) is 7.51. The smallest absolute Gasteiger partial charge is 0.223 e. The van der Waals surface area contributed by atoms with Crippen LogP contribution in [-0.2, 0) is 4.79 Å². The molecule has 3 heteroatoms. The Kier molecular flexibility index (Phi) is 3.69. The van der Waals surface area contributed by atoms with Gasteiger partial charge in [0.25, 0.3) is 0 Å². The van der Waals surface area contributed by atoms with Crippen LogP contribution in [0, 0.1) is 5.92 Å². The highest BCUT2D eigenvalue weighted by atomic mass is 16.2. The van der Waals surface area contributed by atoms with Gasteiger partial charge in [-0.25, -0.2) is 0 Å². The van der Waals surface area contributed by atoms with Gasteiger partial charge in [-0.15, -0.1) is 0 Å². The monoisotopic (exact) mass is 298 g/mol. The van der Waals surface area contributed by atoms with Crippen LogP contribution < -0.4 is 5.32 Å². The molecule has 2 atom stereocenters. The SMILES string of the molecule is O=C(NCCC12CCCN1CCC2)[C@@H]1C[C@H]1c1ccccc1. The van der Waals surface area contributed by atoms with Crippen LogP contribution in [0.3, 0.4) is 0 Å². The van der Waals surface area contributed by atoms with Crippen LogP contribution in [0.15, 0.2) is 30.3 Å². The topological polar surface area (TPSA) is 32.3 Å². The zero-order valence-corrected chi connectivity index (χ0v) is 13.3. The first-order chi connectivity index (χ1) is 10.8. The van der Waals surface area contributed by atoms with Crippen LogP contribution in [0.5, 0.6) is 0 Å². The van der Waals surface area contributed by atoms with Crippen molar-refractivity contribution in [1.29, 1.82) is 0 Å². The summed E-state index contributed by atoms with van der Waals surface area (Å²) in [6, 6.07) is 10.5. The minimum atomic E-state index is 0.211. The molecule has 1 amide bonds. The number of carbonyl (C=O) groups is 1. The summed E-state index contributed by atoms with van der Waals surface area (Å²) in [5.74, 6) is 0.935. The lowest BCUT2D eigenvalue weighted by Crippen LogP contribution is -2.41. The summed E-state index contributed by atoms with van der Waals surface area (Å²) in [6.45, 7) is 3.40. The van der Waals surface area contributed by atoms with E-state index in [4.69, 9.17) is 0 Å². The van der Waals surface area contributed by atoms with E-state index in [0.29, 0.717) is 11.5 Å². The van der Waals surface area contributed by atoms with Gasteiger partial charge in [0.05, 0.1) is 0 Å². The average molecular weight is 298 g/mol. The molecule has 0 bridgehead atoms. The number of hydrogen-bond acceptors (Lipinski definition) is 2. The van der Waals surface area contributed by atoms with Crippen molar-refractivity contribution < 1.29 is 4.79 Å². The molecule has 1 aliphatic carbocycles. The number of hydrogen-bond donors (Lipinski definition) is 1. The van der Waals surface area contributed by atoms with E-state index in [1.54, 1.807) is 0 Å². The van der Waals surface area contributed by atoms with Gasteiger partial charge in [0, 0.05) is 18.0 Å². The number of nitrogens with zero attached hydrogens (tertiary/aromatic N) is 1. The van der Waals surface area contributed by atoms with Crippen molar-refractivity contribution in [2.75, 3.05) is 19.6 Å². The summed E-state index contributed by atoms with van der Waals surface area (Å²) in [5.41, 5.74) is 1.74. The fraction of sp³-hybridized carbons (Fsp3) is 0.632. The molecule has 0 radical (unpaired) electrons. The van der Waals surface area contributed by atoms with E-state index in [9.17, 15) is 4.79 Å². The summed E-state index contributed by atoms with van der Waals surface area (Å²) in [7, 11) is 0. The minimum absolute atomic E-state index is 0.211. The zero-order chi connectivity index (χ0) is 15.0. The molecule has 0 unspecified atom stereocenters. The normalized spacial score (nSPS) is 29.3. The first kappa shape index (κ1) is 14.3. The highest BCUT2D eigenvalue weighted by Crippen LogP contribution is 2.47. The molecule has 2 aliphatic heterocycles. The van der Waals surface area contributed by atoms with Crippen molar-refractivity contribution in [3.05, 3.63) is 35.9 Å². The molecule has 0 aromatic heterocycles. The van der Waals surface area contributed by atoms with Gasteiger partial charge in [-0.05, 0) is 63.1 Å². The highest BCUT2D eigenvalue weighted by Gasteiger charge is 2.45. The minimum Gasteiger partial charge on any atom is -0.356 e. The van der Waals surface area contributed by atoms with Crippen molar-refractivity contribution in [3.63, 3.8) is 0 Å². The third-order valence-corrected chi connectivity index (χ3v) is 6.06. The van der Waals surface area contributed by atoms with E-state index >= 15 is 0 Å². The summed E-state index contributed by atoms with van der Waals surface area (Å²) >= 11 is 0. The largest absolute Gasteiger partial charge is 0.356 e. The lowest BCUT2D eigenvalue weighted by atomic mass is 9.90. The second kappa shape index (κ2) is 5.69. The van der Waals surface area contributed by atoms with E-state index < -0.39 is 0 Å². The first-order valence-electron chi connectivity index (χ1n) is 8.86. The molecule has 1 N–H and O–H groups in total. The van der Waals surface area contributed by atoms with Crippen molar-refractivity contribution in [1.82, 2.24) is 10.2 Å². The molecule has 4 rings (SSSR count). The van der Waals surface area contributed by atoms with E-state index in [0.717, 1.165) is 19.4 Å². The molecule has 0 spiro atoms. The quantitative estimate of drug-likeness (QED) is 0.906. The first-order valence-corrected chi connectivity index (χ1v) is 8.86. The zero-order valence-electron chi connectivity index (χ0n) is 13.3. The van der Waals surface area contributed by atoms with Crippen molar-refractivity contribution in [2.45, 2.75) is 50.0 Å². The summed E-state index contributed by atoms with van der Waals surface area (Å²) in [4.78, 5) is 15.0. The maximum atomic E-state index is 12.3.